The molecule has 15 rings (SSSR count). The number of hydrogen-bond acceptors (Lipinski definition) is 5. The predicted octanol–water partition coefficient (Wildman–Crippen LogP) is 17.0. The van der Waals surface area contributed by atoms with Crippen molar-refractivity contribution in [3.05, 3.63) is 224 Å². The number of thiophene rings is 1. The molecule has 0 bridgehead atoms. The number of ether oxygens (including phenoxy) is 1. The summed E-state index contributed by atoms with van der Waals surface area (Å²) in [6.45, 7) is 0.403. The molecule has 0 unspecified atom stereocenters. The Morgan fingerprint density at radius 2 is 1.03 bits per heavy atom. The van der Waals surface area contributed by atoms with Gasteiger partial charge in [0.05, 0.1) is 16.7 Å². The third-order valence-electron chi connectivity index (χ3n) is 14.3. The Labute approximate surface area is 406 Å². The minimum atomic E-state index is 0.403. The molecule has 0 saturated heterocycles. The van der Waals surface area contributed by atoms with Crippen LogP contribution < -0.4 is 4.74 Å². The molecule has 0 fully saturated rings. The van der Waals surface area contributed by atoms with Crippen LogP contribution in [-0.2, 0) is 6.61 Å². The van der Waals surface area contributed by atoms with Gasteiger partial charge in [0.15, 0.2) is 17.5 Å². The van der Waals surface area contributed by atoms with Crippen LogP contribution in [0, 0.1) is 0 Å². The first kappa shape index (κ1) is 39.1. The van der Waals surface area contributed by atoms with Gasteiger partial charge in [-0.3, -0.25) is 0 Å². The summed E-state index contributed by atoms with van der Waals surface area (Å²) in [4.78, 5) is 16.6. The summed E-state index contributed by atoms with van der Waals surface area (Å²) in [5.74, 6) is 2.68. The second-order valence-electron chi connectivity index (χ2n) is 18.2. The van der Waals surface area contributed by atoms with Crippen LogP contribution >= 0.6 is 11.3 Å². The molecule has 5 nitrogen and oxygen atoms in total. The van der Waals surface area contributed by atoms with Gasteiger partial charge in [-0.1, -0.05) is 164 Å². The van der Waals surface area contributed by atoms with Crippen molar-refractivity contribution < 1.29 is 4.74 Å². The molecule has 6 heteroatoms. The zero-order valence-corrected chi connectivity index (χ0v) is 38.4. The van der Waals surface area contributed by atoms with E-state index in [9.17, 15) is 0 Å². The van der Waals surface area contributed by atoms with Gasteiger partial charge in [0.1, 0.15) is 12.4 Å². The van der Waals surface area contributed by atoms with E-state index in [1.54, 1.807) is 11.3 Å². The minimum absolute atomic E-state index is 0.403. The SMILES string of the molecule is c1ccc(-c2cccc(-c3nc(-c4cc5c(cc4-n4c6cc7ccccc7cc6c6c7ccccc7ccc64)-c4c(ccc6ccccc46)OC5)nc(-c4cccc5sc6ccccc6c45)n3)c2)cc1. The predicted molar refractivity (Wildman–Crippen MR) is 291 cm³/mol. The van der Waals surface area contributed by atoms with Crippen molar-refractivity contribution in [2.75, 3.05) is 0 Å². The maximum Gasteiger partial charge on any atom is 0.166 e. The maximum atomic E-state index is 6.68. The number of aromatic nitrogens is 4. The van der Waals surface area contributed by atoms with Gasteiger partial charge in [-0.15, -0.1) is 11.3 Å². The van der Waals surface area contributed by atoms with Gasteiger partial charge in [0.2, 0.25) is 0 Å². The maximum absolute atomic E-state index is 6.68. The molecule has 0 N–H and O–H groups in total. The lowest BCUT2D eigenvalue weighted by Gasteiger charge is -2.25. The van der Waals surface area contributed by atoms with Gasteiger partial charge in [0, 0.05) is 53.2 Å². The summed E-state index contributed by atoms with van der Waals surface area (Å²) in [5.41, 5.74) is 11.5. The van der Waals surface area contributed by atoms with Gasteiger partial charge in [-0.2, -0.15) is 0 Å². The fraction of sp³-hybridized carbons (Fsp3) is 0.0156. The van der Waals surface area contributed by atoms with Crippen LogP contribution in [0.3, 0.4) is 0 Å². The number of hydrogen-bond donors (Lipinski definition) is 0. The van der Waals surface area contributed by atoms with Gasteiger partial charge in [-0.05, 0) is 109 Å². The first-order valence-corrected chi connectivity index (χ1v) is 24.5. The lowest BCUT2D eigenvalue weighted by atomic mass is 9.90. The van der Waals surface area contributed by atoms with E-state index in [0.717, 1.165) is 83.1 Å². The molecule has 0 saturated carbocycles. The van der Waals surface area contributed by atoms with E-state index in [1.165, 1.54) is 47.1 Å². The van der Waals surface area contributed by atoms with E-state index in [1.807, 2.05) is 0 Å². The van der Waals surface area contributed by atoms with Crippen LogP contribution in [0.4, 0.5) is 0 Å². The van der Waals surface area contributed by atoms with Crippen molar-refractivity contribution in [3.63, 3.8) is 0 Å². The Morgan fingerprint density at radius 1 is 0.386 bits per heavy atom. The number of benzene rings is 11. The summed E-state index contributed by atoms with van der Waals surface area (Å²) in [5, 5.41) is 11.8. The summed E-state index contributed by atoms with van der Waals surface area (Å²) in [6.07, 6.45) is 0. The highest BCUT2D eigenvalue weighted by Gasteiger charge is 2.28. The van der Waals surface area contributed by atoms with E-state index >= 15 is 0 Å². The minimum Gasteiger partial charge on any atom is -0.488 e. The average Bonchev–Trinajstić information content (AvgIpc) is 3.97. The summed E-state index contributed by atoms with van der Waals surface area (Å²) in [7, 11) is 0. The summed E-state index contributed by atoms with van der Waals surface area (Å²) >= 11 is 1.80. The largest absolute Gasteiger partial charge is 0.488 e. The second-order valence-corrected chi connectivity index (χ2v) is 19.3. The Kier molecular flexibility index (Phi) is 8.52. The van der Waals surface area contributed by atoms with Crippen LogP contribution in [0.1, 0.15) is 5.56 Å². The molecular weight excluding hydrogens is 873 g/mol. The Hall–Kier alpha value is -8.97. The molecule has 4 heterocycles. The van der Waals surface area contributed by atoms with Crippen molar-refractivity contribution in [2.24, 2.45) is 0 Å². The highest BCUT2D eigenvalue weighted by Crippen LogP contribution is 2.48. The van der Waals surface area contributed by atoms with E-state index in [4.69, 9.17) is 19.7 Å². The molecule has 14 aromatic rings. The molecule has 3 aromatic heterocycles. The molecule has 0 amide bonds. The molecule has 1 aliphatic heterocycles. The molecule has 0 aliphatic carbocycles. The van der Waals surface area contributed by atoms with Crippen molar-refractivity contribution in [3.8, 4) is 67.9 Å². The molecule has 0 atom stereocenters. The van der Waals surface area contributed by atoms with Crippen molar-refractivity contribution in [1.29, 1.82) is 0 Å². The Balaban J connectivity index is 1.08. The van der Waals surface area contributed by atoms with Gasteiger partial charge < -0.3 is 9.30 Å². The molecule has 1 aliphatic rings. The topological polar surface area (TPSA) is 52.8 Å². The second kappa shape index (κ2) is 15.3. The third-order valence-corrected chi connectivity index (χ3v) is 15.4. The van der Waals surface area contributed by atoms with Gasteiger partial charge in [-0.25, -0.2) is 15.0 Å². The molecule has 0 radical (unpaired) electrons. The number of rotatable bonds is 5. The molecule has 0 spiro atoms. The van der Waals surface area contributed by atoms with Crippen molar-refractivity contribution in [2.45, 2.75) is 6.61 Å². The highest BCUT2D eigenvalue weighted by molar-refractivity contribution is 7.25. The Morgan fingerprint density at radius 3 is 1.89 bits per heavy atom. The highest BCUT2D eigenvalue weighted by atomic mass is 32.1. The number of nitrogens with zero attached hydrogens (tertiary/aromatic N) is 4. The lowest BCUT2D eigenvalue weighted by molar-refractivity contribution is 0.303. The zero-order valence-electron chi connectivity index (χ0n) is 37.6. The normalized spacial score (nSPS) is 12.3. The molecule has 11 aromatic carbocycles. The van der Waals surface area contributed by atoms with Crippen LogP contribution in [0.5, 0.6) is 5.75 Å². The fourth-order valence-corrected chi connectivity index (χ4v) is 12.2. The smallest absolute Gasteiger partial charge is 0.166 e. The van der Waals surface area contributed by atoms with Crippen LogP contribution in [-0.4, -0.2) is 19.5 Å². The van der Waals surface area contributed by atoms with Crippen molar-refractivity contribution >= 4 is 85.6 Å². The molecule has 70 heavy (non-hydrogen) atoms. The summed E-state index contributed by atoms with van der Waals surface area (Å²) < 4.78 is 11.6. The average molecular weight is 911 g/mol. The van der Waals surface area contributed by atoms with Crippen LogP contribution in [0.25, 0.3) is 136 Å². The fourth-order valence-electron chi connectivity index (χ4n) is 11.1. The third kappa shape index (κ3) is 6.00. The van der Waals surface area contributed by atoms with Gasteiger partial charge in [0.25, 0.3) is 0 Å². The lowest BCUT2D eigenvalue weighted by Crippen LogP contribution is -2.10. The quantitative estimate of drug-likeness (QED) is 0.173. The van der Waals surface area contributed by atoms with E-state index in [-0.39, 0.29) is 0 Å². The van der Waals surface area contributed by atoms with Gasteiger partial charge >= 0.3 is 0 Å². The first-order valence-electron chi connectivity index (χ1n) is 23.7. The first-order chi connectivity index (χ1) is 34.7. The van der Waals surface area contributed by atoms with Crippen LogP contribution in [0.2, 0.25) is 0 Å². The standard InChI is InChI=1S/C64H38N4OS/c1-2-14-38(15-3-1)41-20-12-21-44(32-41)62-65-63(49-25-13-27-58-61(49)48-24-10-11-26-57(48)70-58)67-64(66-62)52-34-45-37-69-56-31-29-40-17-7-9-23-47(40)60(56)50(45)36-55(52)68-53-30-28-39-16-6-8-22-46(39)59(53)51-33-42-18-4-5-19-43(42)35-54(51)68/h1-36H,37H2. The van der Waals surface area contributed by atoms with E-state index < -0.39 is 0 Å². The van der Waals surface area contributed by atoms with Crippen molar-refractivity contribution in [1.82, 2.24) is 19.5 Å². The summed E-state index contributed by atoms with van der Waals surface area (Å²) in [6, 6.07) is 78.5. The van der Waals surface area contributed by atoms with Crippen LogP contribution in [0.15, 0.2) is 218 Å². The zero-order chi connectivity index (χ0) is 45.9. The monoisotopic (exact) mass is 910 g/mol. The molecular formula is C64H38N4OS. The van der Waals surface area contributed by atoms with E-state index in [2.05, 4.69) is 223 Å². The Bertz CT molecular complexity index is 4490. The molecule has 326 valence electrons. The van der Waals surface area contributed by atoms with E-state index in [0.29, 0.717) is 24.1 Å². The number of fused-ring (bicyclic) bond motifs is 14.